The molecule has 1 rings (SSSR count). The van der Waals surface area contributed by atoms with Crippen LogP contribution in [-0.2, 0) is 11.3 Å². The summed E-state index contributed by atoms with van der Waals surface area (Å²) >= 11 is 0. The number of nitrogens with zero attached hydrogens (tertiary/aromatic N) is 2. The summed E-state index contributed by atoms with van der Waals surface area (Å²) in [6, 6.07) is 3.77. The number of nitrogens with one attached hydrogen (secondary N) is 1. The van der Waals surface area contributed by atoms with Crippen molar-refractivity contribution in [1.29, 1.82) is 0 Å². The number of rotatable bonds is 6. The second-order valence-corrected chi connectivity index (χ2v) is 3.93. The molecule has 1 heterocycles. The van der Waals surface area contributed by atoms with E-state index in [-0.39, 0.29) is 5.91 Å². The Bertz CT molecular complexity index is 367. The minimum absolute atomic E-state index is 0.00861. The van der Waals surface area contributed by atoms with Crippen LogP contribution >= 0.6 is 0 Å². The summed E-state index contributed by atoms with van der Waals surface area (Å²) in [5.41, 5.74) is 6.57. The number of aromatic nitrogens is 1. The third-order valence-corrected chi connectivity index (χ3v) is 2.39. The quantitative estimate of drug-likeness (QED) is 0.754. The van der Waals surface area contributed by atoms with E-state index in [2.05, 4.69) is 10.3 Å². The first-order valence-corrected chi connectivity index (χ1v) is 5.80. The van der Waals surface area contributed by atoms with E-state index >= 15 is 0 Å². The van der Waals surface area contributed by atoms with Crippen molar-refractivity contribution in [1.82, 2.24) is 10.3 Å². The molecule has 1 amide bonds. The van der Waals surface area contributed by atoms with Gasteiger partial charge in [-0.2, -0.15) is 0 Å². The van der Waals surface area contributed by atoms with E-state index in [1.165, 1.54) is 0 Å². The highest BCUT2D eigenvalue weighted by atomic mass is 16.2. The smallest absolute Gasteiger partial charge is 0.239 e. The van der Waals surface area contributed by atoms with Crippen molar-refractivity contribution in [3.8, 4) is 0 Å². The number of carbonyl (C=O) groups is 1. The van der Waals surface area contributed by atoms with Crippen molar-refractivity contribution >= 4 is 11.7 Å². The number of anilines is 1. The predicted molar refractivity (Wildman–Crippen MR) is 68.7 cm³/mol. The number of amides is 1. The normalized spacial score (nSPS) is 10.1. The molecule has 1 aromatic rings. The van der Waals surface area contributed by atoms with E-state index in [4.69, 9.17) is 5.73 Å². The van der Waals surface area contributed by atoms with Gasteiger partial charge in [0.1, 0.15) is 5.82 Å². The summed E-state index contributed by atoms with van der Waals surface area (Å²) in [6.07, 6.45) is 2.65. The van der Waals surface area contributed by atoms with E-state index < -0.39 is 0 Å². The lowest BCUT2D eigenvalue weighted by molar-refractivity contribution is -0.119. The minimum atomic E-state index is 0.00861. The third kappa shape index (κ3) is 4.40. The first-order valence-electron chi connectivity index (χ1n) is 5.80. The van der Waals surface area contributed by atoms with Gasteiger partial charge >= 0.3 is 0 Å². The molecule has 0 saturated carbocycles. The van der Waals surface area contributed by atoms with Gasteiger partial charge in [0.2, 0.25) is 5.91 Å². The van der Waals surface area contributed by atoms with Gasteiger partial charge in [-0.25, -0.2) is 4.98 Å². The monoisotopic (exact) mass is 236 g/mol. The van der Waals surface area contributed by atoms with Crippen molar-refractivity contribution in [3.63, 3.8) is 0 Å². The van der Waals surface area contributed by atoms with Crippen LogP contribution < -0.4 is 16.0 Å². The number of hydrogen-bond donors (Lipinski definition) is 2. The Hall–Kier alpha value is -1.62. The van der Waals surface area contributed by atoms with E-state index in [1.54, 1.807) is 6.20 Å². The van der Waals surface area contributed by atoms with Crippen molar-refractivity contribution in [2.24, 2.45) is 5.73 Å². The van der Waals surface area contributed by atoms with Gasteiger partial charge in [0, 0.05) is 26.3 Å². The summed E-state index contributed by atoms with van der Waals surface area (Å²) in [7, 11) is 1.84. The maximum absolute atomic E-state index is 11.5. The van der Waals surface area contributed by atoms with Crippen molar-refractivity contribution in [2.75, 3.05) is 25.0 Å². The highest BCUT2D eigenvalue weighted by Crippen LogP contribution is 2.10. The van der Waals surface area contributed by atoms with Crippen LogP contribution in [0.3, 0.4) is 0 Å². The lowest BCUT2D eigenvalue weighted by Crippen LogP contribution is -2.35. The van der Waals surface area contributed by atoms with Crippen LogP contribution in [0.1, 0.15) is 18.9 Å². The molecule has 0 saturated heterocycles. The molecule has 0 unspecified atom stereocenters. The minimum Gasteiger partial charge on any atom is -0.355 e. The summed E-state index contributed by atoms with van der Waals surface area (Å²) < 4.78 is 0. The van der Waals surface area contributed by atoms with E-state index in [0.717, 1.165) is 17.8 Å². The third-order valence-electron chi connectivity index (χ3n) is 2.39. The molecule has 0 aromatic carbocycles. The van der Waals surface area contributed by atoms with Crippen LogP contribution in [0.4, 0.5) is 5.82 Å². The Morgan fingerprint density at radius 2 is 2.35 bits per heavy atom. The van der Waals surface area contributed by atoms with Crippen LogP contribution in [0.5, 0.6) is 0 Å². The molecule has 0 aliphatic rings. The maximum atomic E-state index is 11.5. The molecule has 0 aliphatic carbocycles. The second kappa shape index (κ2) is 6.85. The average Bonchev–Trinajstić information content (AvgIpc) is 2.36. The Morgan fingerprint density at radius 3 is 3.00 bits per heavy atom. The zero-order valence-corrected chi connectivity index (χ0v) is 10.4. The molecule has 5 nitrogen and oxygen atoms in total. The van der Waals surface area contributed by atoms with Gasteiger partial charge < -0.3 is 16.0 Å². The number of hydrogen-bond acceptors (Lipinski definition) is 4. The summed E-state index contributed by atoms with van der Waals surface area (Å²) in [5, 5.41) is 2.83. The molecule has 94 valence electrons. The molecule has 0 atom stereocenters. The zero-order chi connectivity index (χ0) is 12.7. The molecule has 0 bridgehead atoms. The first-order chi connectivity index (χ1) is 8.17. The van der Waals surface area contributed by atoms with E-state index in [0.29, 0.717) is 19.6 Å². The standard InChI is InChI=1S/C12H20N4O/c1-3-5-15-12(17)9-16(2)11-7-10(8-13)4-6-14-11/h4,6-7H,3,5,8-9,13H2,1-2H3,(H,15,17). The molecule has 0 fully saturated rings. The highest BCUT2D eigenvalue weighted by molar-refractivity contribution is 5.80. The van der Waals surface area contributed by atoms with Crippen LogP contribution in [0.15, 0.2) is 18.3 Å². The number of nitrogens with two attached hydrogens (primary N) is 1. The lowest BCUT2D eigenvalue weighted by atomic mass is 10.2. The molecule has 17 heavy (non-hydrogen) atoms. The number of carbonyl (C=O) groups excluding carboxylic acids is 1. The first kappa shape index (κ1) is 13.4. The van der Waals surface area contributed by atoms with Crippen molar-refractivity contribution in [3.05, 3.63) is 23.9 Å². The maximum Gasteiger partial charge on any atom is 0.239 e. The lowest BCUT2D eigenvalue weighted by Gasteiger charge is -2.18. The Balaban J connectivity index is 2.56. The molecule has 5 heteroatoms. The van der Waals surface area contributed by atoms with Gasteiger partial charge in [0.15, 0.2) is 0 Å². The number of pyridine rings is 1. The van der Waals surface area contributed by atoms with E-state index in [9.17, 15) is 4.79 Å². The zero-order valence-electron chi connectivity index (χ0n) is 10.4. The molecular weight excluding hydrogens is 216 g/mol. The van der Waals surface area contributed by atoms with Crippen molar-refractivity contribution < 1.29 is 4.79 Å². The molecule has 1 aromatic heterocycles. The largest absolute Gasteiger partial charge is 0.355 e. The highest BCUT2D eigenvalue weighted by Gasteiger charge is 2.07. The topological polar surface area (TPSA) is 71.2 Å². The van der Waals surface area contributed by atoms with Crippen LogP contribution in [0.25, 0.3) is 0 Å². The Morgan fingerprint density at radius 1 is 1.59 bits per heavy atom. The molecule has 0 aliphatic heterocycles. The average molecular weight is 236 g/mol. The van der Waals surface area contributed by atoms with Gasteiger partial charge in [0.05, 0.1) is 6.54 Å². The summed E-state index contributed by atoms with van der Waals surface area (Å²) in [4.78, 5) is 17.6. The SMILES string of the molecule is CCCNC(=O)CN(C)c1cc(CN)ccn1. The molecule has 0 radical (unpaired) electrons. The number of likely N-dealkylation sites (N-methyl/N-ethyl adjacent to an activating group) is 1. The Labute approximate surface area is 102 Å². The molecular formula is C12H20N4O. The van der Waals surface area contributed by atoms with Gasteiger partial charge in [-0.15, -0.1) is 0 Å². The van der Waals surface area contributed by atoms with Crippen molar-refractivity contribution in [2.45, 2.75) is 19.9 Å². The molecule has 3 N–H and O–H groups in total. The van der Waals surface area contributed by atoms with Crippen LogP contribution in [-0.4, -0.2) is 31.0 Å². The van der Waals surface area contributed by atoms with Gasteiger partial charge in [-0.05, 0) is 24.1 Å². The Kier molecular flexibility index (Phi) is 5.42. The van der Waals surface area contributed by atoms with Gasteiger partial charge in [0.25, 0.3) is 0 Å². The van der Waals surface area contributed by atoms with E-state index in [1.807, 2.05) is 31.0 Å². The second-order valence-electron chi connectivity index (χ2n) is 3.93. The summed E-state index contributed by atoms with van der Waals surface area (Å²) in [6.45, 7) is 3.52. The fourth-order valence-corrected chi connectivity index (χ4v) is 1.41. The predicted octanol–water partition coefficient (Wildman–Crippen LogP) is 0.503. The molecule has 0 spiro atoms. The summed E-state index contributed by atoms with van der Waals surface area (Å²) in [5.74, 6) is 0.772. The van der Waals surface area contributed by atoms with Crippen LogP contribution in [0.2, 0.25) is 0 Å². The van der Waals surface area contributed by atoms with Gasteiger partial charge in [-0.1, -0.05) is 6.92 Å². The van der Waals surface area contributed by atoms with Crippen LogP contribution in [0, 0.1) is 0 Å². The fourth-order valence-electron chi connectivity index (χ4n) is 1.41. The fraction of sp³-hybridized carbons (Fsp3) is 0.500. The van der Waals surface area contributed by atoms with Gasteiger partial charge in [-0.3, -0.25) is 4.79 Å².